The predicted octanol–water partition coefficient (Wildman–Crippen LogP) is 3.58. The molecular formula is C14H10Cl2O4S. The van der Waals surface area contributed by atoms with Gasteiger partial charge in [-0.05, 0) is 36.4 Å². The summed E-state index contributed by atoms with van der Waals surface area (Å²) >= 11 is 11.4. The summed E-state index contributed by atoms with van der Waals surface area (Å²) in [4.78, 5) is 11.8. The van der Waals surface area contributed by atoms with Crippen molar-refractivity contribution in [1.82, 2.24) is 0 Å². The van der Waals surface area contributed by atoms with E-state index in [1.807, 2.05) is 0 Å². The lowest BCUT2D eigenvalue weighted by Gasteiger charge is -2.05. The van der Waals surface area contributed by atoms with E-state index in [1.165, 1.54) is 36.4 Å². The van der Waals surface area contributed by atoms with Gasteiger partial charge in [-0.25, -0.2) is 0 Å². The van der Waals surface area contributed by atoms with E-state index in [0.29, 0.717) is 10.0 Å². The highest BCUT2D eigenvalue weighted by Crippen LogP contribution is 2.17. The van der Waals surface area contributed by atoms with Crippen molar-refractivity contribution in [3.8, 4) is 0 Å². The maximum atomic E-state index is 11.9. The molecule has 0 amide bonds. The SMILES string of the molecule is O=C(COS(=O)(=O)c1ccc(Cl)cc1)c1cccc(Cl)c1. The number of benzene rings is 2. The van der Waals surface area contributed by atoms with Crippen molar-refractivity contribution in [3.05, 3.63) is 64.1 Å². The number of hydrogen-bond acceptors (Lipinski definition) is 4. The van der Waals surface area contributed by atoms with E-state index in [-0.39, 0.29) is 10.5 Å². The number of ketones is 1. The summed E-state index contributed by atoms with van der Waals surface area (Å²) in [6.45, 7) is -0.592. The molecule has 7 heteroatoms. The van der Waals surface area contributed by atoms with Crippen molar-refractivity contribution in [2.24, 2.45) is 0 Å². The number of Topliss-reactive ketones (excluding diaryl/α,β-unsaturated/α-hetero) is 1. The van der Waals surface area contributed by atoms with Crippen LogP contribution in [0.25, 0.3) is 0 Å². The molecule has 0 N–H and O–H groups in total. The number of carbonyl (C=O) groups excluding carboxylic acids is 1. The molecule has 2 aromatic carbocycles. The van der Waals surface area contributed by atoms with Crippen LogP contribution in [-0.2, 0) is 14.3 Å². The molecule has 110 valence electrons. The highest BCUT2D eigenvalue weighted by atomic mass is 35.5. The molecule has 4 nitrogen and oxygen atoms in total. The zero-order chi connectivity index (χ0) is 15.5. The molecule has 21 heavy (non-hydrogen) atoms. The molecule has 0 atom stereocenters. The van der Waals surface area contributed by atoms with E-state index < -0.39 is 22.5 Å². The number of rotatable bonds is 5. The smallest absolute Gasteiger partial charge is 0.291 e. The van der Waals surface area contributed by atoms with Gasteiger partial charge in [-0.3, -0.25) is 8.98 Å². The standard InChI is InChI=1S/C14H10Cl2O4S/c15-11-4-6-13(7-5-11)21(18,19)20-9-14(17)10-2-1-3-12(16)8-10/h1-8H,9H2. The van der Waals surface area contributed by atoms with Gasteiger partial charge in [0, 0.05) is 15.6 Å². The predicted molar refractivity (Wildman–Crippen MR) is 80.4 cm³/mol. The fourth-order valence-electron chi connectivity index (χ4n) is 1.55. The lowest BCUT2D eigenvalue weighted by molar-refractivity contribution is 0.0924. The Morgan fingerprint density at radius 1 is 1.00 bits per heavy atom. The van der Waals surface area contributed by atoms with E-state index in [0.717, 1.165) is 0 Å². The summed E-state index contributed by atoms with van der Waals surface area (Å²) < 4.78 is 28.6. The Labute approximate surface area is 132 Å². The summed E-state index contributed by atoms with van der Waals surface area (Å²) in [6, 6.07) is 11.7. The monoisotopic (exact) mass is 344 g/mol. The first-order valence-corrected chi connectivity index (χ1v) is 7.99. The van der Waals surface area contributed by atoms with Gasteiger partial charge in [-0.2, -0.15) is 8.42 Å². The van der Waals surface area contributed by atoms with Gasteiger partial charge in [0.15, 0.2) is 5.78 Å². The summed E-state index contributed by atoms with van der Waals surface area (Å²) in [5.41, 5.74) is 0.286. The van der Waals surface area contributed by atoms with Crippen LogP contribution in [0.5, 0.6) is 0 Å². The Bertz CT molecular complexity index is 755. The minimum Gasteiger partial charge on any atom is -0.291 e. The molecule has 0 saturated heterocycles. The molecule has 0 aliphatic heterocycles. The normalized spacial score (nSPS) is 11.3. The number of carbonyl (C=O) groups is 1. The lowest BCUT2D eigenvalue weighted by atomic mass is 10.1. The molecule has 0 saturated carbocycles. The second-order valence-electron chi connectivity index (χ2n) is 4.10. The third kappa shape index (κ3) is 4.28. The van der Waals surface area contributed by atoms with Gasteiger partial charge in [-0.15, -0.1) is 0 Å². The fraction of sp³-hybridized carbons (Fsp3) is 0.0714. The van der Waals surface area contributed by atoms with E-state index in [9.17, 15) is 13.2 Å². The van der Waals surface area contributed by atoms with Gasteiger partial charge < -0.3 is 0 Å². The zero-order valence-electron chi connectivity index (χ0n) is 10.6. The van der Waals surface area contributed by atoms with Crippen LogP contribution in [0, 0.1) is 0 Å². The Hall–Kier alpha value is -1.40. The third-order valence-corrected chi connectivity index (χ3v) is 4.36. The van der Waals surface area contributed by atoms with Crippen LogP contribution in [-0.4, -0.2) is 20.8 Å². The van der Waals surface area contributed by atoms with Gasteiger partial charge in [-0.1, -0.05) is 35.3 Å². The molecule has 0 spiro atoms. The Morgan fingerprint density at radius 3 is 2.29 bits per heavy atom. The maximum absolute atomic E-state index is 11.9. The van der Waals surface area contributed by atoms with E-state index in [4.69, 9.17) is 27.4 Å². The van der Waals surface area contributed by atoms with Crippen LogP contribution < -0.4 is 0 Å². The molecule has 0 aliphatic carbocycles. The summed E-state index contributed by atoms with van der Waals surface area (Å²) in [5.74, 6) is -0.477. The van der Waals surface area contributed by atoms with Gasteiger partial charge in [0.25, 0.3) is 10.1 Å². The molecule has 0 aliphatic rings. The van der Waals surface area contributed by atoms with Crippen LogP contribution in [0.3, 0.4) is 0 Å². The highest BCUT2D eigenvalue weighted by molar-refractivity contribution is 7.86. The number of halogens is 2. The minimum absolute atomic E-state index is 0.0641. The second kappa shape index (κ2) is 6.58. The van der Waals surface area contributed by atoms with Crippen LogP contribution in [0.2, 0.25) is 10.0 Å². The largest absolute Gasteiger partial charge is 0.297 e. The zero-order valence-corrected chi connectivity index (χ0v) is 13.0. The molecule has 2 rings (SSSR count). The molecule has 2 aromatic rings. The lowest BCUT2D eigenvalue weighted by Crippen LogP contribution is -2.14. The third-order valence-electron chi connectivity index (χ3n) is 2.59. The highest BCUT2D eigenvalue weighted by Gasteiger charge is 2.17. The first kappa shape index (κ1) is 16.0. The maximum Gasteiger partial charge on any atom is 0.297 e. The van der Waals surface area contributed by atoms with Crippen molar-refractivity contribution in [3.63, 3.8) is 0 Å². The Morgan fingerprint density at radius 2 is 1.67 bits per heavy atom. The fourth-order valence-corrected chi connectivity index (χ4v) is 2.73. The second-order valence-corrected chi connectivity index (χ2v) is 6.59. The van der Waals surface area contributed by atoms with Crippen molar-refractivity contribution in [1.29, 1.82) is 0 Å². The van der Waals surface area contributed by atoms with Gasteiger partial charge in [0.2, 0.25) is 0 Å². The average Bonchev–Trinajstić information content (AvgIpc) is 2.45. The van der Waals surface area contributed by atoms with Crippen LogP contribution in [0.1, 0.15) is 10.4 Å². The van der Waals surface area contributed by atoms with E-state index in [1.54, 1.807) is 12.1 Å². The first-order chi connectivity index (χ1) is 9.88. The number of hydrogen-bond donors (Lipinski definition) is 0. The topological polar surface area (TPSA) is 60.4 Å². The Balaban J connectivity index is 2.08. The molecule has 0 heterocycles. The van der Waals surface area contributed by atoms with Crippen molar-refractivity contribution in [2.45, 2.75) is 4.90 Å². The quantitative estimate of drug-likeness (QED) is 0.614. The first-order valence-electron chi connectivity index (χ1n) is 5.82. The molecule has 0 fully saturated rings. The van der Waals surface area contributed by atoms with Crippen molar-refractivity contribution < 1.29 is 17.4 Å². The summed E-state index contributed by atoms with van der Waals surface area (Å²) in [6.07, 6.45) is 0. The van der Waals surface area contributed by atoms with Crippen LogP contribution >= 0.6 is 23.2 Å². The van der Waals surface area contributed by atoms with Gasteiger partial charge >= 0.3 is 0 Å². The molecule has 0 unspecified atom stereocenters. The molecular weight excluding hydrogens is 335 g/mol. The summed E-state index contributed by atoms with van der Waals surface area (Å²) in [5, 5.41) is 0.797. The molecule has 0 aromatic heterocycles. The van der Waals surface area contributed by atoms with Gasteiger partial charge in [0.05, 0.1) is 4.90 Å². The Kier molecular flexibility index (Phi) is 5.00. The van der Waals surface area contributed by atoms with Crippen LogP contribution in [0.4, 0.5) is 0 Å². The van der Waals surface area contributed by atoms with E-state index in [2.05, 4.69) is 0 Å². The van der Waals surface area contributed by atoms with Crippen molar-refractivity contribution >= 4 is 39.1 Å². The summed E-state index contributed by atoms with van der Waals surface area (Å²) in [7, 11) is -4.00. The average molecular weight is 345 g/mol. The van der Waals surface area contributed by atoms with Gasteiger partial charge in [0.1, 0.15) is 6.61 Å². The van der Waals surface area contributed by atoms with E-state index >= 15 is 0 Å². The molecule has 0 radical (unpaired) electrons. The van der Waals surface area contributed by atoms with Crippen LogP contribution in [0.15, 0.2) is 53.4 Å². The minimum atomic E-state index is -4.00. The molecule has 0 bridgehead atoms. The van der Waals surface area contributed by atoms with Crippen molar-refractivity contribution in [2.75, 3.05) is 6.61 Å².